The molecule has 0 saturated carbocycles. The first-order valence-electron chi connectivity index (χ1n) is 9.73. The molecule has 0 aliphatic heterocycles. The minimum absolute atomic E-state index is 0.0427. The lowest BCUT2D eigenvalue weighted by Gasteiger charge is -2.20. The molecule has 1 amide bonds. The fourth-order valence-corrected chi connectivity index (χ4v) is 5.73. The van der Waals surface area contributed by atoms with E-state index < -0.39 is 21.4 Å². The first-order chi connectivity index (χ1) is 13.8. The van der Waals surface area contributed by atoms with Crippen molar-refractivity contribution < 1.29 is 14.1 Å². The number of hydrogen-bond donors (Lipinski definition) is 2. The monoisotopic (exact) mass is 469 g/mol. The van der Waals surface area contributed by atoms with Crippen LogP contribution in [0.5, 0.6) is 0 Å². The number of carbonyl (C=O) groups excluding carboxylic acids is 1. The average molecular weight is 470 g/mol. The third-order valence-electron chi connectivity index (χ3n) is 4.63. The first-order valence-corrected chi connectivity index (χ1v) is 13.3. The molecule has 1 unspecified atom stereocenters. The number of amides is 1. The molecule has 0 spiro atoms. The summed E-state index contributed by atoms with van der Waals surface area (Å²) in [5.74, 6) is -0.0626. The Morgan fingerprint density at radius 3 is 2.20 bits per heavy atom. The molecular weight excluding hydrogens is 438 g/mol. The molecule has 0 aliphatic rings. The summed E-state index contributed by atoms with van der Waals surface area (Å²) in [6.45, 7) is 11.5. The van der Waals surface area contributed by atoms with E-state index in [9.17, 15) is 14.1 Å². The molecule has 1 heterocycles. The fourth-order valence-electron chi connectivity index (χ4n) is 3.10. The van der Waals surface area contributed by atoms with Gasteiger partial charge in [-0.3, -0.25) is 4.79 Å². The van der Waals surface area contributed by atoms with E-state index in [0.29, 0.717) is 5.01 Å². The summed E-state index contributed by atoms with van der Waals surface area (Å²) in [6.07, 6.45) is 3.40. The van der Waals surface area contributed by atoms with Crippen LogP contribution in [0.1, 0.15) is 75.1 Å². The van der Waals surface area contributed by atoms with E-state index in [1.54, 1.807) is 25.6 Å². The lowest BCUT2D eigenvalue weighted by atomic mass is 9.87. The van der Waals surface area contributed by atoms with Gasteiger partial charge in [0.15, 0.2) is 9.92 Å². The smallest absolute Gasteiger partial charge is 0.259 e. The molecule has 1 aromatic heterocycles. The van der Waals surface area contributed by atoms with Gasteiger partial charge >= 0.3 is 0 Å². The van der Waals surface area contributed by atoms with Gasteiger partial charge in [-0.1, -0.05) is 27.7 Å². The topological polar surface area (TPSA) is 106 Å². The van der Waals surface area contributed by atoms with Crippen LogP contribution >= 0.6 is 23.1 Å². The highest BCUT2D eigenvalue weighted by Gasteiger charge is 2.24. The summed E-state index contributed by atoms with van der Waals surface area (Å²) < 4.78 is 17.0. The van der Waals surface area contributed by atoms with Crippen LogP contribution in [0.2, 0.25) is 0 Å². The van der Waals surface area contributed by atoms with Gasteiger partial charge in [0.1, 0.15) is 14.8 Å². The van der Waals surface area contributed by atoms with E-state index in [2.05, 4.69) is 49.2 Å². The number of nitrogens with two attached hydrogens (primary N) is 1. The Balaban J connectivity index is 2.46. The predicted molar refractivity (Wildman–Crippen MR) is 125 cm³/mol. The largest absolute Gasteiger partial charge is 0.383 e. The lowest BCUT2D eigenvalue weighted by molar-refractivity contribution is -0.117. The molecule has 0 fully saturated rings. The van der Waals surface area contributed by atoms with Crippen molar-refractivity contribution in [2.24, 2.45) is 9.50 Å². The number of hydrogen-bond acceptors (Lipinski definition) is 6. The molecule has 6 nitrogen and oxygen atoms in total. The second-order valence-corrected chi connectivity index (χ2v) is 12.3. The summed E-state index contributed by atoms with van der Waals surface area (Å²) in [4.78, 5) is 18.0. The second-order valence-electron chi connectivity index (χ2n) is 8.37. The van der Waals surface area contributed by atoms with Crippen molar-refractivity contribution in [3.05, 3.63) is 40.0 Å². The minimum Gasteiger partial charge on any atom is -0.383 e. The van der Waals surface area contributed by atoms with Gasteiger partial charge in [-0.2, -0.15) is 0 Å². The predicted octanol–water partition coefficient (Wildman–Crippen LogP) is 4.81. The maximum Gasteiger partial charge on any atom is 0.259 e. The SMILES string of the molecule is CSc1cc(C(C)C)c(CC(=O)N=S(N)(=O)c2cnc(C(C)(C)O)s2)c(C(C)C)c1. The molecule has 1 aromatic carbocycles. The van der Waals surface area contributed by atoms with Gasteiger partial charge in [0.25, 0.3) is 5.91 Å². The van der Waals surface area contributed by atoms with E-state index in [0.717, 1.165) is 32.9 Å². The number of nitrogens with zero attached hydrogens (tertiary/aromatic N) is 2. The Morgan fingerprint density at radius 2 is 1.80 bits per heavy atom. The molecule has 166 valence electrons. The van der Waals surface area contributed by atoms with Crippen molar-refractivity contribution in [2.45, 2.75) is 74.5 Å². The number of thiazole rings is 1. The Morgan fingerprint density at radius 1 is 1.27 bits per heavy atom. The molecule has 2 rings (SSSR count). The highest BCUT2D eigenvalue weighted by Crippen LogP contribution is 2.33. The Bertz CT molecular complexity index is 1010. The summed E-state index contributed by atoms with van der Waals surface area (Å²) in [7, 11) is -3.43. The molecule has 0 saturated heterocycles. The van der Waals surface area contributed by atoms with Gasteiger partial charge in [0.2, 0.25) is 0 Å². The highest BCUT2D eigenvalue weighted by atomic mass is 32.2. The third-order valence-corrected chi connectivity index (χ3v) is 8.57. The zero-order valence-electron chi connectivity index (χ0n) is 18.6. The van der Waals surface area contributed by atoms with Gasteiger partial charge in [0.05, 0.1) is 12.6 Å². The molecule has 30 heavy (non-hydrogen) atoms. The zero-order valence-corrected chi connectivity index (χ0v) is 21.0. The minimum atomic E-state index is -3.43. The summed E-state index contributed by atoms with van der Waals surface area (Å²) >= 11 is 2.68. The standard InChI is InChI=1S/C21H31N3O3S3/c1-12(2)15-8-14(28-7)9-16(13(3)4)17(15)10-18(25)24-30(22,27)19-11-23-20(29-19)21(5,6)26/h8-9,11-13,26H,10H2,1-7H3,(H2,22,24,25,27). The van der Waals surface area contributed by atoms with Crippen LogP contribution in [-0.2, 0) is 26.7 Å². The van der Waals surface area contributed by atoms with Crippen molar-refractivity contribution >= 4 is 38.9 Å². The molecule has 1 atom stereocenters. The zero-order chi connectivity index (χ0) is 22.9. The van der Waals surface area contributed by atoms with Crippen molar-refractivity contribution in [3.63, 3.8) is 0 Å². The summed E-state index contributed by atoms with van der Waals surface area (Å²) in [6, 6.07) is 4.23. The number of thioether (sulfide) groups is 1. The van der Waals surface area contributed by atoms with Gasteiger partial charge in [-0.05, 0) is 60.8 Å². The van der Waals surface area contributed by atoms with Gasteiger partial charge in [-0.25, -0.2) is 14.3 Å². The quantitative estimate of drug-likeness (QED) is 0.566. The van der Waals surface area contributed by atoms with E-state index in [-0.39, 0.29) is 22.5 Å². The molecule has 2 aromatic rings. The molecule has 0 bridgehead atoms. The number of aromatic nitrogens is 1. The van der Waals surface area contributed by atoms with Crippen LogP contribution in [0.25, 0.3) is 0 Å². The van der Waals surface area contributed by atoms with Crippen LogP contribution < -0.4 is 5.14 Å². The summed E-state index contributed by atoms with van der Waals surface area (Å²) in [5.41, 5.74) is 1.95. The van der Waals surface area contributed by atoms with Crippen molar-refractivity contribution in [1.82, 2.24) is 4.98 Å². The van der Waals surface area contributed by atoms with E-state index in [1.807, 2.05) is 6.26 Å². The lowest BCUT2D eigenvalue weighted by Crippen LogP contribution is -2.16. The number of rotatable bonds is 7. The second kappa shape index (κ2) is 9.48. The van der Waals surface area contributed by atoms with Gasteiger partial charge in [0, 0.05) is 4.90 Å². The first kappa shape index (κ1) is 25.0. The number of aliphatic hydroxyl groups is 1. The highest BCUT2D eigenvalue weighted by molar-refractivity contribution is 7.98. The Hall–Kier alpha value is -1.26. The van der Waals surface area contributed by atoms with Crippen LogP contribution in [-0.4, -0.2) is 26.5 Å². The molecule has 9 heteroatoms. The van der Waals surface area contributed by atoms with E-state index in [4.69, 9.17) is 5.14 Å². The summed E-state index contributed by atoms with van der Waals surface area (Å²) in [5, 5.41) is 16.4. The molecule has 0 radical (unpaired) electrons. The van der Waals surface area contributed by atoms with Crippen molar-refractivity contribution in [3.8, 4) is 0 Å². The maximum atomic E-state index is 12.9. The van der Waals surface area contributed by atoms with Crippen LogP contribution in [0.15, 0.2) is 31.8 Å². The number of carbonyl (C=O) groups is 1. The van der Waals surface area contributed by atoms with E-state index in [1.165, 1.54) is 6.20 Å². The molecular formula is C21H31N3O3S3. The van der Waals surface area contributed by atoms with Crippen LogP contribution in [0, 0.1) is 0 Å². The normalized spacial score (nSPS) is 14.2. The Labute approximate surface area is 188 Å². The van der Waals surface area contributed by atoms with Crippen molar-refractivity contribution in [1.29, 1.82) is 0 Å². The number of benzene rings is 1. The third kappa shape index (κ3) is 5.91. The van der Waals surface area contributed by atoms with Gasteiger partial charge < -0.3 is 5.11 Å². The Kier molecular flexibility index (Phi) is 7.90. The van der Waals surface area contributed by atoms with Crippen LogP contribution in [0.3, 0.4) is 0 Å². The fraction of sp³-hybridized carbons (Fsp3) is 0.524. The van der Waals surface area contributed by atoms with E-state index >= 15 is 0 Å². The van der Waals surface area contributed by atoms with Gasteiger partial charge in [-0.15, -0.1) is 27.5 Å². The average Bonchev–Trinajstić information content (AvgIpc) is 3.12. The molecule has 3 N–H and O–H groups in total. The van der Waals surface area contributed by atoms with Crippen molar-refractivity contribution in [2.75, 3.05) is 6.26 Å². The molecule has 0 aliphatic carbocycles. The maximum absolute atomic E-state index is 12.9. The van der Waals surface area contributed by atoms with Crippen LogP contribution in [0.4, 0.5) is 0 Å².